The average Bonchev–Trinajstić information content (AvgIpc) is 1.96. The highest BCUT2D eigenvalue weighted by Gasteiger charge is 2.27. The van der Waals surface area contributed by atoms with Crippen LogP contribution in [-0.4, -0.2) is 5.54 Å². The number of rotatable bonds is 5. The van der Waals surface area contributed by atoms with Gasteiger partial charge >= 0.3 is 0 Å². The molecule has 0 heterocycles. The monoisotopic (exact) mass is 171 g/mol. The second-order valence-corrected chi connectivity index (χ2v) is 4.60. The van der Waals surface area contributed by atoms with Crippen LogP contribution in [0.5, 0.6) is 0 Å². The van der Waals surface area contributed by atoms with Gasteiger partial charge in [-0.3, -0.25) is 0 Å². The zero-order valence-corrected chi connectivity index (χ0v) is 9.35. The molecule has 2 N–H and O–H groups in total. The molecule has 0 aliphatic carbocycles. The van der Waals surface area contributed by atoms with Crippen molar-refractivity contribution >= 4 is 0 Å². The van der Waals surface area contributed by atoms with Gasteiger partial charge in [0.25, 0.3) is 0 Å². The van der Waals surface area contributed by atoms with Gasteiger partial charge in [-0.2, -0.15) is 0 Å². The summed E-state index contributed by atoms with van der Waals surface area (Å²) in [6.45, 7) is 11.1. The third-order valence-electron chi connectivity index (χ3n) is 2.89. The van der Waals surface area contributed by atoms with Crippen molar-refractivity contribution in [3.63, 3.8) is 0 Å². The summed E-state index contributed by atoms with van der Waals surface area (Å²) < 4.78 is 0. The molecule has 0 aromatic rings. The molecular weight excluding hydrogens is 146 g/mol. The van der Waals surface area contributed by atoms with E-state index in [0.717, 1.165) is 5.92 Å². The number of hydrogen-bond acceptors (Lipinski definition) is 1. The fourth-order valence-corrected chi connectivity index (χ4v) is 1.99. The van der Waals surface area contributed by atoms with Gasteiger partial charge in [0.15, 0.2) is 0 Å². The molecule has 1 heteroatoms. The van der Waals surface area contributed by atoms with E-state index >= 15 is 0 Å². The molecule has 0 rings (SSSR count). The van der Waals surface area contributed by atoms with E-state index in [1.165, 1.54) is 19.3 Å². The van der Waals surface area contributed by atoms with E-state index in [1.807, 2.05) is 0 Å². The molecule has 0 aliphatic heterocycles. The molecule has 0 aromatic carbocycles. The van der Waals surface area contributed by atoms with Crippen molar-refractivity contribution in [3.05, 3.63) is 0 Å². The molecule has 0 saturated carbocycles. The SMILES string of the molecule is CCCC(C(C)CC)C(C)(C)N. The zero-order valence-electron chi connectivity index (χ0n) is 9.35. The minimum Gasteiger partial charge on any atom is -0.325 e. The minimum absolute atomic E-state index is 0.00850. The summed E-state index contributed by atoms with van der Waals surface area (Å²) in [7, 11) is 0. The Hall–Kier alpha value is -0.0400. The first-order valence-corrected chi connectivity index (χ1v) is 5.22. The van der Waals surface area contributed by atoms with Crippen LogP contribution in [0.15, 0.2) is 0 Å². The van der Waals surface area contributed by atoms with Gasteiger partial charge in [-0.25, -0.2) is 0 Å². The predicted octanol–water partition coefficient (Wildman–Crippen LogP) is 3.19. The van der Waals surface area contributed by atoms with E-state index in [2.05, 4.69) is 34.6 Å². The summed E-state index contributed by atoms with van der Waals surface area (Å²) in [5, 5.41) is 0. The second-order valence-electron chi connectivity index (χ2n) is 4.60. The number of hydrogen-bond donors (Lipinski definition) is 1. The van der Waals surface area contributed by atoms with Crippen molar-refractivity contribution in [2.45, 2.75) is 59.4 Å². The molecule has 0 bridgehead atoms. The van der Waals surface area contributed by atoms with Gasteiger partial charge in [-0.15, -0.1) is 0 Å². The molecule has 0 aliphatic rings. The van der Waals surface area contributed by atoms with Gasteiger partial charge in [0.05, 0.1) is 0 Å². The fourth-order valence-electron chi connectivity index (χ4n) is 1.99. The highest BCUT2D eigenvalue weighted by atomic mass is 14.7. The Labute approximate surface area is 77.7 Å². The molecular formula is C11H25N. The third-order valence-corrected chi connectivity index (χ3v) is 2.89. The van der Waals surface area contributed by atoms with Crippen LogP contribution in [0, 0.1) is 11.8 Å². The largest absolute Gasteiger partial charge is 0.325 e. The molecule has 2 unspecified atom stereocenters. The molecule has 0 amide bonds. The van der Waals surface area contributed by atoms with Crippen molar-refractivity contribution in [1.82, 2.24) is 0 Å². The lowest BCUT2D eigenvalue weighted by Crippen LogP contribution is -2.43. The predicted molar refractivity (Wildman–Crippen MR) is 56.1 cm³/mol. The van der Waals surface area contributed by atoms with Crippen molar-refractivity contribution in [1.29, 1.82) is 0 Å². The van der Waals surface area contributed by atoms with Crippen molar-refractivity contribution in [2.24, 2.45) is 17.6 Å². The van der Waals surface area contributed by atoms with E-state index < -0.39 is 0 Å². The van der Waals surface area contributed by atoms with E-state index in [0.29, 0.717) is 5.92 Å². The van der Waals surface area contributed by atoms with Gasteiger partial charge in [0, 0.05) is 5.54 Å². The Morgan fingerprint density at radius 3 is 2.00 bits per heavy atom. The maximum absolute atomic E-state index is 6.14. The highest BCUT2D eigenvalue weighted by Crippen LogP contribution is 2.29. The Morgan fingerprint density at radius 2 is 1.75 bits per heavy atom. The van der Waals surface area contributed by atoms with Crippen LogP contribution in [0.2, 0.25) is 0 Å². The normalized spacial score (nSPS) is 17.5. The molecule has 0 radical (unpaired) electrons. The van der Waals surface area contributed by atoms with Gasteiger partial charge < -0.3 is 5.73 Å². The lowest BCUT2D eigenvalue weighted by molar-refractivity contribution is 0.209. The lowest BCUT2D eigenvalue weighted by Gasteiger charge is -2.35. The Balaban J connectivity index is 4.22. The van der Waals surface area contributed by atoms with Crippen LogP contribution in [-0.2, 0) is 0 Å². The highest BCUT2D eigenvalue weighted by molar-refractivity contribution is 4.84. The van der Waals surface area contributed by atoms with Gasteiger partial charge in [0.2, 0.25) is 0 Å². The summed E-state index contributed by atoms with van der Waals surface area (Å²) in [5.41, 5.74) is 6.13. The van der Waals surface area contributed by atoms with Crippen LogP contribution in [0.3, 0.4) is 0 Å². The van der Waals surface area contributed by atoms with Crippen LogP contribution in [0.1, 0.15) is 53.9 Å². The maximum atomic E-state index is 6.14. The van der Waals surface area contributed by atoms with Crippen molar-refractivity contribution < 1.29 is 0 Å². The van der Waals surface area contributed by atoms with E-state index in [1.54, 1.807) is 0 Å². The molecule has 1 nitrogen and oxygen atoms in total. The summed E-state index contributed by atoms with van der Waals surface area (Å²) in [6, 6.07) is 0. The van der Waals surface area contributed by atoms with Gasteiger partial charge in [-0.1, -0.05) is 33.6 Å². The molecule has 12 heavy (non-hydrogen) atoms. The first-order valence-electron chi connectivity index (χ1n) is 5.22. The molecule has 0 spiro atoms. The van der Waals surface area contributed by atoms with Crippen molar-refractivity contribution in [3.8, 4) is 0 Å². The fraction of sp³-hybridized carbons (Fsp3) is 1.00. The van der Waals surface area contributed by atoms with Crippen molar-refractivity contribution in [2.75, 3.05) is 0 Å². The maximum Gasteiger partial charge on any atom is 0.0128 e. The molecule has 74 valence electrons. The van der Waals surface area contributed by atoms with Crippen LogP contribution >= 0.6 is 0 Å². The van der Waals surface area contributed by atoms with Crippen LogP contribution in [0.25, 0.3) is 0 Å². The van der Waals surface area contributed by atoms with Gasteiger partial charge in [0.1, 0.15) is 0 Å². The lowest BCUT2D eigenvalue weighted by atomic mass is 9.75. The number of nitrogens with two attached hydrogens (primary N) is 1. The van der Waals surface area contributed by atoms with E-state index in [9.17, 15) is 0 Å². The smallest absolute Gasteiger partial charge is 0.0128 e. The Kier molecular flexibility index (Phi) is 4.84. The van der Waals surface area contributed by atoms with Crippen LogP contribution in [0.4, 0.5) is 0 Å². The molecule has 2 atom stereocenters. The summed E-state index contributed by atoms with van der Waals surface area (Å²) in [4.78, 5) is 0. The standard InChI is InChI=1S/C11H25N/c1-6-8-10(9(3)7-2)11(4,5)12/h9-10H,6-8,12H2,1-5H3. The topological polar surface area (TPSA) is 26.0 Å². The zero-order chi connectivity index (χ0) is 9.78. The Bertz CT molecular complexity index is 113. The average molecular weight is 171 g/mol. The first-order chi connectivity index (χ1) is 5.43. The summed E-state index contributed by atoms with van der Waals surface area (Å²) in [6.07, 6.45) is 3.75. The van der Waals surface area contributed by atoms with Gasteiger partial charge in [-0.05, 0) is 32.1 Å². The molecule has 0 saturated heterocycles. The molecule has 0 aromatic heterocycles. The molecule has 0 fully saturated rings. The summed E-state index contributed by atoms with van der Waals surface area (Å²) >= 11 is 0. The summed E-state index contributed by atoms with van der Waals surface area (Å²) in [5.74, 6) is 1.43. The third kappa shape index (κ3) is 3.57. The van der Waals surface area contributed by atoms with Crippen LogP contribution < -0.4 is 5.73 Å². The second kappa shape index (κ2) is 4.86. The minimum atomic E-state index is -0.00850. The van der Waals surface area contributed by atoms with E-state index in [4.69, 9.17) is 5.73 Å². The van der Waals surface area contributed by atoms with E-state index in [-0.39, 0.29) is 5.54 Å². The first kappa shape index (κ1) is 12.0. The Morgan fingerprint density at radius 1 is 1.25 bits per heavy atom. The quantitative estimate of drug-likeness (QED) is 0.675.